The van der Waals surface area contributed by atoms with Gasteiger partial charge in [-0.1, -0.05) is 6.07 Å². The maximum atomic E-state index is 11.4. The Bertz CT molecular complexity index is 379. The van der Waals surface area contributed by atoms with E-state index in [-0.39, 0.29) is 11.5 Å². The Hall–Kier alpha value is -1.58. The number of aromatic amines is 1. The molecule has 1 aromatic rings. The van der Waals surface area contributed by atoms with E-state index in [9.17, 15) is 9.59 Å². The molecule has 0 radical (unpaired) electrons. The first kappa shape index (κ1) is 8.04. The molecule has 1 saturated carbocycles. The molecule has 0 unspecified atom stereocenters. The average Bonchev–Trinajstić information content (AvgIpc) is 2.88. The van der Waals surface area contributed by atoms with Crippen LogP contribution in [0.4, 0.5) is 0 Å². The van der Waals surface area contributed by atoms with Crippen molar-refractivity contribution in [3.8, 4) is 0 Å². The van der Waals surface area contributed by atoms with E-state index >= 15 is 0 Å². The molecule has 4 heteroatoms. The summed E-state index contributed by atoms with van der Waals surface area (Å²) in [6.45, 7) is 0. The lowest BCUT2D eigenvalue weighted by molar-refractivity contribution is 0.0946. The molecule has 1 aliphatic rings. The van der Waals surface area contributed by atoms with Gasteiger partial charge in [-0.25, -0.2) is 0 Å². The Balaban J connectivity index is 2.14. The van der Waals surface area contributed by atoms with Crippen LogP contribution >= 0.6 is 0 Å². The van der Waals surface area contributed by atoms with Crippen molar-refractivity contribution in [3.05, 3.63) is 34.2 Å². The minimum absolute atomic E-state index is 0.194. The van der Waals surface area contributed by atoms with Crippen LogP contribution < -0.4 is 10.9 Å². The van der Waals surface area contributed by atoms with Crippen molar-refractivity contribution in [1.82, 2.24) is 10.3 Å². The summed E-state index contributed by atoms with van der Waals surface area (Å²) in [6, 6.07) is 4.87. The molecule has 1 fully saturated rings. The fourth-order valence-corrected chi connectivity index (χ4v) is 1.07. The van der Waals surface area contributed by atoms with Gasteiger partial charge in [0.2, 0.25) is 5.56 Å². The number of hydrogen-bond acceptors (Lipinski definition) is 2. The van der Waals surface area contributed by atoms with Gasteiger partial charge in [-0.3, -0.25) is 9.59 Å². The normalized spacial score (nSPS) is 15.4. The number of rotatable bonds is 2. The third-order valence-corrected chi connectivity index (χ3v) is 1.93. The van der Waals surface area contributed by atoms with Gasteiger partial charge in [-0.05, 0) is 18.9 Å². The molecule has 2 rings (SSSR count). The van der Waals surface area contributed by atoms with E-state index in [1.165, 1.54) is 6.07 Å². The summed E-state index contributed by atoms with van der Waals surface area (Å²) >= 11 is 0. The van der Waals surface area contributed by atoms with Gasteiger partial charge < -0.3 is 10.3 Å². The zero-order chi connectivity index (χ0) is 9.26. The Kier molecular flexibility index (Phi) is 1.88. The monoisotopic (exact) mass is 178 g/mol. The van der Waals surface area contributed by atoms with E-state index in [0.29, 0.717) is 11.7 Å². The maximum absolute atomic E-state index is 11.4. The molecule has 13 heavy (non-hydrogen) atoms. The van der Waals surface area contributed by atoms with Crippen LogP contribution in [0.5, 0.6) is 0 Å². The Morgan fingerprint density at radius 2 is 2.23 bits per heavy atom. The van der Waals surface area contributed by atoms with Gasteiger partial charge in [-0.2, -0.15) is 0 Å². The molecule has 0 aromatic carbocycles. The molecule has 0 spiro atoms. The molecule has 1 aromatic heterocycles. The van der Waals surface area contributed by atoms with Gasteiger partial charge in [-0.15, -0.1) is 0 Å². The molecular weight excluding hydrogens is 168 g/mol. The molecular formula is C9H10N2O2. The number of hydrogen-bond donors (Lipinski definition) is 2. The maximum Gasteiger partial charge on any atom is 0.268 e. The molecule has 0 saturated heterocycles. The summed E-state index contributed by atoms with van der Waals surface area (Å²) in [7, 11) is 0. The topological polar surface area (TPSA) is 62.0 Å². The minimum Gasteiger partial charge on any atom is -0.348 e. The lowest BCUT2D eigenvalue weighted by atomic mass is 10.3. The molecule has 68 valence electrons. The number of pyridine rings is 1. The minimum atomic E-state index is -0.247. The third-order valence-electron chi connectivity index (χ3n) is 1.93. The van der Waals surface area contributed by atoms with E-state index in [1.807, 2.05) is 0 Å². The highest BCUT2D eigenvalue weighted by Gasteiger charge is 2.23. The highest BCUT2D eigenvalue weighted by Crippen LogP contribution is 2.18. The summed E-state index contributed by atoms with van der Waals surface area (Å²) < 4.78 is 0. The lowest BCUT2D eigenvalue weighted by Gasteiger charge is -2.01. The fourth-order valence-electron chi connectivity index (χ4n) is 1.07. The lowest BCUT2D eigenvalue weighted by Crippen LogP contribution is -2.27. The number of nitrogens with one attached hydrogen (secondary N) is 2. The first-order chi connectivity index (χ1) is 6.25. The molecule has 1 amide bonds. The number of carbonyl (C=O) groups excluding carboxylic acids is 1. The van der Waals surface area contributed by atoms with Crippen LogP contribution in [0.3, 0.4) is 0 Å². The van der Waals surface area contributed by atoms with Crippen LogP contribution in [-0.2, 0) is 0 Å². The van der Waals surface area contributed by atoms with Crippen molar-refractivity contribution < 1.29 is 4.79 Å². The predicted octanol–water partition coefficient (Wildman–Crippen LogP) is 0.267. The summed E-state index contributed by atoms with van der Waals surface area (Å²) in [6.07, 6.45) is 2.09. The predicted molar refractivity (Wildman–Crippen MR) is 47.6 cm³/mol. The van der Waals surface area contributed by atoms with E-state index in [0.717, 1.165) is 12.8 Å². The Morgan fingerprint density at radius 3 is 2.85 bits per heavy atom. The molecule has 0 bridgehead atoms. The second kappa shape index (κ2) is 3.05. The summed E-state index contributed by atoms with van der Waals surface area (Å²) in [5.74, 6) is -0.194. The van der Waals surface area contributed by atoms with Gasteiger partial charge >= 0.3 is 0 Å². The highest BCUT2D eigenvalue weighted by molar-refractivity contribution is 5.92. The molecule has 0 aliphatic heterocycles. The molecule has 0 atom stereocenters. The van der Waals surface area contributed by atoms with Crippen molar-refractivity contribution >= 4 is 5.91 Å². The summed E-state index contributed by atoms with van der Waals surface area (Å²) in [5, 5.41) is 2.79. The third kappa shape index (κ3) is 1.96. The molecule has 2 N–H and O–H groups in total. The van der Waals surface area contributed by atoms with Crippen molar-refractivity contribution in [2.75, 3.05) is 0 Å². The fraction of sp³-hybridized carbons (Fsp3) is 0.333. The van der Waals surface area contributed by atoms with Gasteiger partial charge in [0.05, 0.1) is 0 Å². The van der Waals surface area contributed by atoms with Gasteiger partial charge in [0.15, 0.2) is 0 Å². The smallest absolute Gasteiger partial charge is 0.268 e. The molecule has 1 heterocycles. The number of carbonyl (C=O) groups is 1. The Morgan fingerprint density at radius 1 is 1.46 bits per heavy atom. The van der Waals surface area contributed by atoms with E-state index in [2.05, 4.69) is 10.3 Å². The van der Waals surface area contributed by atoms with Crippen molar-refractivity contribution in [1.29, 1.82) is 0 Å². The van der Waals surface area contributed by atoms with Crippen LogP contribution in [0.2, 0.25) is 0 Å². The molecule has 1 aliphatic carbocycles. The first-order valence-corrected chi connectivity index (χ1v) is 4.26. The average molecular weight is 178 g/mol. The zero-order valence-electron chi connectivity index (χ0n) is 7.04. The largest absolute Gasteiger partial charge is 0.348 e. The summed E-state index contributed by atoms with van der Waals surface area (Å²) in [5.41, 5.74) is 0.0860. The number of amides is 1. The second-order valence-electron chi connectivity index (χ2n) is 3.18. The number of H-pyrrole nitrogens is 1. The zero-order valence-corrected chi connectivity index (χ0v) is 7.04. The Labute approximate surface area is 75.0 Å². The standard InChI is InChI=1S/C9H10N2O2/c12-8-3-1-2-7(11-8)9(13)10-6-4-5-6/h1-3,6H,4-5H2,(H,10,13)(H,11,12). The van der Waals surface area contributed by atoms with Gasteiger partial charge in [0.1, 0.15) is 5.69 Å². The van der Waals surface area contributed by atoms with Crippen molar-refractivity contribution in [3.63, 3.8) is 0 Å². The van der Waals surface area contributed by atoms with Crippen LogP contribution in [0.1, 0.15) is 23.3 Å². The highest BCUT2D eigenvalue weighted by atomic mass is 16.2. The second-order valence-corrected chi connectivity index (χ2v) is 3.18. The van der Waals surface area contributed by atoms with Crippen LogP contribution in [0.25, 0.3) is 0 Å². The van der Waals surface area contributed by atoms with Crippen molar-refractivity contribution in [2.24, 2.45) is 0 Å². The van der Waals surface area contributed by atoms with Crippen molar-refractivity contribution in [2.45, 2.75) is 18.9 Å². The van der Waals surface area contributed by atoms with Gasteiger partial charge in [0.25, 0.3) is 5.91 Å². The van der Waals surface area contributed by atoms with Gasteiger partial charge in [0, 0.05) is 12.1 Å². The summed E-state index contributed by atoms with van der Waals surface area (Å²) in [4.78, 5) is 24.7. The van der Waals surface area contributed by atoms with Crippen LogP contribution in [-0.4, -0.2) is 16.9 Å². The van der Waals surface area contributed by atoms with E-state index < -0.39 is 0 Å². The van der Waals surface area contributed by atoms with E-state index in [1.54, 1.807) is 12.1 Å². The first-order valence-electron chi connectivity index (χ1n) is 4.26. The number of aromatic nitrogens is 1. The van der Waals surface area contributed by atoms with Crippen LogP contribution in [0.15, 0.2) is 23.0 Å². The SMILES string of the molecule is O=C(NC1CC1)c1cccc(=O)[nH]1. The quantitative estimate of drug-likeness (QED) is 0.682. The molecule has 4 nitrogen and oxygen atoms in total. The van der Waals surface area contributed by atoms with Crippen LogP contribution in [0, 0.1) is 0 Å². The van der Waals surface area contributed by atoms with E-state index in [4.69, 9.17) is 0 Å².